The minimum Gasteiger partial charge on any atom is -0.507 e. The number of hydrogen-bond acceptors (Lipinski definition) is 6. The number of carbonyl (C=O) groups is 2. The van der Waals surface area contributed by atoms with Gasteiger partial charge in [0.15, 0.2) is 5.78 Å². The van der Waals surface area contributed by atoms with Crippen LogP contribution in [0.25, 0.3) is 0 Å². The summed E-state index contributed by atoms with van der Waals surface area (Å²) < 4.78 is 4.63. The van der Waals surface area contributed by atoms with E-state index in [1.807, 2.05) is 6.07 Å². The maximum atomic E-state index is 12.4. The Balaban J connectivity index is 1.46. The Labute approximate surface area is 165 Å². The number of rotatable bonds is 7. The van der Waals surface area contributed by atoms with Crippen LogP contribution < -0.4 is 4.90 Å². The van der Waals surface area contributed by atoms with Crippen molar-refractivity contribution >= 4 is 17.4 Å². The summed E-state index contributed by atoms with van der Waals surface area (Å²) in [6.45, 7) is 4.80. The molecule has 1 N–H and O–H groups in total. The first kappa shape index (κ1) is 19.9. The van der Waals surface area contributed by atoms with Gasteiger partial charge < -0.3 is 14.7 Å². The Morgan fingerprint density at radius 1 is 1.04 bits per heavy atom. The van der Waals surface area contributed by atoms with Gasteiger partial charge in [-0.15, -0.1) is 0 Å². The molecular weight excluding hydrogens is 356 g/mol. The Morgan fingerprint density at radius 3 is 2.43 bits per heavy atom. The van der Waals surface area contributed by atoms with Crippen LogP contribution in [0.2, 0.25) is 0 Å². The van der Waals surface area contributed by atoms with Crippen LogP contribution in [0.3, 0.4) is 0 Å². The summed E-state index contributed by atoms with van der Waals surface area (Å²) in [4.78, 5) is 28.9. The lowest BCUT2D eigenvalue weighted by atomic mass is 10.0. The first-order valence-electron chi connectivity index (χ1n) is 9.55. The third kappa shape index (κ3) is 4.89. The molecule has 6 heteroatoms. The molecule has 1 fully saturated rings. The highest BCUT2D eigenvalue weighted by atomic mass is 16.5. The lowest BCUT2D eigenvalue weighted by Gasteiger charge is -2.36. The number of Topliss-reactive ketones (excluding diaryl/α,β-unsaturated/α-hetero) is 1. The zero-order valence-corrected chi connectivity index (χ0v) is 16.1. The lowest BCUT2D eigenvalue weighted by Crippen LogP contribution is -2.46. The number of para-hydroxylation sites is 1. The van der Waals surface area contributed by atoms with Gasteiger partial charge in [0.1, 0.15) is 11.3 Å². The Hall–Kier alpha value is -2.86. The summed E-state index contributed by atoms with van der Waals surface area (Å²) in [5, 5.41) is 9.75. The highest BCUT2D eigenvalue weighted by Gasteiger charge is 2.18. The number of ether oxygens (including phenoxy) is 1. The van der Waals surface area contributed by atoms with Gasteiger partial charge >= 0.3 is 5.97 Å². The Morgan fingerprint density at radius 2 is 1.75 bits per heavy atom. The second-order valence-corrected chi connectivity index (χ2v) is 6.91. The molecule has 0 aromatic heterocycles. The van der Waals surface area contributed by atoms with Crippen molar-refractivity contribution in [2.24, 2.45) is 0 Å². The van der Waals surface area contributed by atoms with Crippen LogP contribution in [-0.4, -0.2) is 61.6 Å². The van der Waals surface area contributed by atoms with Gasteiger partial charge in [-0.3, -0.25) is 9.69 Å². The molecule has 0 aliphatic carbocycles. The topological polar surface area (TPSA) is 70.1 Å². The number of phenolic OH excluding ortho intramolecular Hbond substituents is 1. The van der Waals surface area contributed by atoms with Crippen molar-refractivity contribution in [3.05, 3.63) is 59.7 Å². The van der Waals surface area contributed by atoms with E-state index < -0.39 is 5.97 Å². The summed E-state index contributed by atoms with van der Waals surface area (Å²) in [7, 11) is 1.24. The number of piperazine rings is 1. The molecule has 0 unspecified atom stereocenters. The van der Waals surface area contributed by atoms with Crippen molar-refractivity contribution in [1.82, 2.24) is 4.90 Å². The zero-order valence-electron chi connectivity index (χ0n) is 16.1. The third-order valence-corrected chi connectivity index (χ3v) is 5.10. The van der Waals surface area contributed by atoms with Crippen LogP contribution in [0.5, 0.6) is 5.75 Å². The van der Waals surface area contributed by atoms with Crippen LogP contribution in [0.1, 0.15) is 33.6 Å². The lowest BCUT2D eigenvalue weighted by molar-refractivity contribution is 0.0597. The number of aromatic hydroxyl groups is 1. The first-order valence-corrected chi connectivity index (χ1v) is 9.55. The van der Waals surface area contributed by atoms with Crippen molar-refractivity contribution < 1.29 is 19.4 Å². The first-order chi connectivity index (χ1) is 13.6. The second-order valence-electron chi connectivity index (χ2n) is 6.91. The number of nitrogens with zero attached hydrogens (tertiary/aromatic N) is 2. The molecule has 28 heavy (non-hydrogen) atoms. The largest absolute Gasteiger partial charge is 0.507 e. The molecule has 0 saturated carbocycles. The minimum atomic E-state index is -0.650. The minimum absolute atomic E-state index is 0.0189. The SMILES string of the molecule is COC(=O)c1cc(C(=O)CCCN2CCN(c3ccccc3)CC2)ccc1O. The molecule has 1 aliphatic heterocycles. The van der Waals surface area contributed by atoms with Gasteiger partial charge in [0.05, 0.1) is 7.11 Å². The fourth-order valence-corrected chi connectivity index (χ4v) is 3.46. The molecule has 0 amide bonds. The number of esters is 1. The quantitative estimate of drug-likeness (QED) is 0.586. The van der Waals surface area contributed by atoms with Crippen LogP contribution >= 0.6 is 0 Å². The maximum absolute atomic E-state index is 12.4. The van der Waals surface area contributed by atoms with E-state index in [-0.39, 0.29) is 17.1 Å². The molecule has 1 heterocycles. The van der Waals surface area contributed by atoms with Crippen molar-refractivity contribution in [2.75, 3.05) is 44.7 Å². The van der Waals surface area contributed by atoms with E-state index in [1.54, 1.807) is 6.07 Å². The van der Waals surface area contributed by atoms with E-state index in [1.165, 1.54) is 24.9 Å². The summed E-state index contributed by atoms with van der Waals surface area (Å²) in [6, 6.07) is 14.7. The normalized spacial score (nSPS) is 14.7. The van der Waals surface area contributed by atoms with E-state index in [9.17, 15) is 14.7 Å². The number of benzene rings is 2. The average molecular weight is 382 g/mol. The molecule has 6 nitrogen and oxygen atoms in total. The number of carbonyl (C=O) groups excluding carboxylic acids is 2. The predicted octanol–water partition coefficient (Wildman–Crippen LogP) is 2.96. The summed E-state index contributed by atoms with van der Waals surface area (Å²) in [5.41, 5.74) is 1.70. The number of anilines is 1. The number of phenols is 1. The Kier molecular flexibility index (Phi) is 6.66. The van der Waals surface area contributed by atoms with E-state index in [0.29, 0.717) is 12.0 Å². The predicted molar refractivity (Wildman–Crippen MR) is 108 cm³/mol. The highest BCUT2D eigenvalue weighted by molar-refractivity contribution is 6.00. The highest BCUT2D eigenvalue weighted by Crippen LogP contribution is 2.21. The fraction of sp³-hybridized carbons (Fsp3) is 0.364. The molecule has 2 aromatic carbocycles. The van der Waals surface area contributed by atoms with E-state index in [0.717, 1.165) is 39.1 Å². The molecule has 0 radical (unpaired) electrons. The molecule has 1 saturated heterocycles. The van der Waals surface area contributed by atoms with Gasteiger partial charge in [-0.25, -0.2) is 4.79 Å². The molecule has 2 aromatic rings. The molecule has 3 rings (SSSR count). The molecular formula is C22H26N2O4. The fourth-order valence-electron chi connectivity index (χ4n) is 3.46. The van der Waals surface area contributed by atoms with Crippen LogP contribution in [-0.2, 0) is 4.74 Å². The maximum Gasteiger partial charge on any atom is 0.341 e. The van der Waals surface area contributed by atoms with Gasteiger partial charge in [-0.2, -0.15) is 0 Å². The standard InChI is InChI=1S/C22H26N2O4/c1-28-22(27)19-16-17(9-10-21(19)26)20(25)8-5-11-23-12-14-24(15-13-23)18-6-3-2-4-7-18/h2-4,6-7,9-10,16,26H,5,8,11-15H2,1H3. The summed E-state index contributed by atoms with van der Waals surface area (Å²) in [6.07, 6.45) is 1.17. The van der Waals surface area contributed by atoms with Crippen molar-refractivity contribution in [3.63, 3.8) is 0 Å². The van der Waals surface area contributed by atoms with Gasteiger partial charge in [0, 0.05) is 43.9 Å². The van der Waals surface area contributed by atoms with Gasteiger partial charge in [0.2, 0.25) is 0 Å². The number of hydrogen-bond donors (Lipinski definition) is 1. The average Bonchev–Trinajstić information content (AvgIpc) is 2.74. The number of methoxy groups -OCH3 is 1. The third-order valence-electron chi connectivity index (χ3n) is 5.10. The second kappa shape index (κ2) is 9.37. The van der Waals surface area contributed by atoms with Crippen LogP contribution in [0, 0.1) is 0 Å². The van der Waals surface area contributed by atoms with Gasteiger partial charge in [-0.1, -0.05) is 18.2 Å². The van der Waals surface area contributed by atoms with Crippen molar-refractivity contribution in [1.29, 1.82) is 0 Å². The Bertz CT molecular complexity index is 815. The van der Waals surface area contributed by atoms with E-state index in [2.05, 4.69) is 38.8 Å². The van der Waals surface area contributed by atoms with E-state index in [4.69, 9.17) is 0 Å². The molecule has 148 valence electrons. The van der Waals surface area contributed by atoms with Crippen LogP contribution in [0.15, 0.2) is 48.5 Å². The van der Waals surface area contributed by atoms with Crippen molar-refractivity contribution in [3.8, 4) is 5.75 Å². The number of ketones is 1. The smallest absolute Gasteiger partial charge is 0.341 e. The molecule has 1 aliphatic rings. The zero-order chi connectivity index (χ0) is 19.9. The monoisotopic (exact) mass is 382 g/mol. The van der Waals surface area contributed by atoms with Crippen molar-refractivity contribution in [2.45, 2.75) is 12.8 Å². The molecule has 0 atom stereocenters. The summed E-state index contributed by atoms with van der Waals surface area (Å²) in [5.74, 6) is -0.865. The summed E-state index contributed by atoms with van der Waals surface area (Å²) >= 11 is 0. The van der Waals surface area contributed by atoms with Gasteiger partial charge in [0.25, 0.3) is 0 Å². The molecule has 0 spiro atoms. The molecule has 0 bridgehead atoms. The van der Waals surface area contributed by atoms with Gasteiger partial charge in [-0.05, 0) is 43.3 Å². The van der Waals surface area contributed by atoms with E-state index >= 15 is 0 Å². The van der Waals surface area contributed by atoms with Crippen LogP contribution in [0.4, 0.5) is 5.69 Å².